The second-order valence-electron chi connectivity index (χ2n) is 4.88. The van der Waals surface area contributed by atoms with Gasteiger partial charge in [-0.15, -0.1) is 11.8 Å². The van der Waals surface area contributed by atoms with Gasteiger partial charge in [0.1, 0.15) is 6.04 Å². The van der Waals surface area contributed by atoms with E-state index in [1.165, 1.54) is 0 Å². The molecule has 0 fully saturated rings. The number of carboxylic acids is 1. The zero-order valence-corrected chi connectivity index (χ0v) is 12.3. The van der Waals surface area contributed by atoms with Crippen LogP contribution in [0.15, 0.2) is 0 Å². The molecule has 0 rings (SSSR count). The molecule has 0 bridgehead atoms. The molecule has 7 nitrogen and oxygen atoms in total. The first-order valence-electron chi connectivity index (χ1n) is 5.79. The minimum absolute atomic E-state index is 0.0422. The van der Waals surface area contributed by atoms with Crippen LogP contribution in [0.1, 0.15) is 27.7 Å². The lowest BCUT2D eigenvalue weighted by Crippen LogP contribution is -2.48. The van der Waals surface area contributed by atoms with Crippen LogP contribution >= 0.6 is 11.8 Å². The molecule has 0 aromatic heterocycles. The van der Waals surface area contributed by atoms with E-state index in [9.17, 15) is 14.4 Å². The van der Waals surface area contributed by atoms with Gasteiger partial charge in [0, 0.05) is 10.8 Å². The van der Waals surface area contributed by atoms with Crippen LogP contribution in [0.3, 0.4) is 0 Å². The Bertz CT molecular complexity index is 358. The Kier molecular flexibility index (Phi) is 6.85. The maximum atomic E-state index is 11.5. The van der Waals surface area contributed by atoms with E-state index in [-0.39, 0.29) is 11.8 Å². The number of urea groups is 1. The van der Waals surface area contributed by atoms with Crippen molar-refractivity contribution < 1.29 is 19.5 Å². The van der Waals surface area contributed by atoms with Crippen molar-refractivity contribution in [2.24, 2.45) is 5.73 Å². The summed E-state index contributed by atoms with van der Waals surface area (Å²) in [5.74, 6) is -1.66. The molecule has 0 spiro atoms. The molecule has 5 N–H and O–H groups in total. The summed E-state index contributed by atoms with van der Waals surface area (Å²) >= 11 is 1.09. The Labute approximate surface area is 116 Å². The Morgan fingerprint density at radius 2 is 1.84 bits per heavy atom. The number of imide groups is 1. The van der Waals surface area contributed by atoms with Crippen LogP contribution < -0.4 is 16.4 Å². The van der Waals surface area contributed by atoms with Gasteiger partial charge in [0.15, 0.2) is 0 Å². The fourth-order valence-corrected chi connectivity index (χ4v) is 1.96. The maximum absolute atomic E-state index is 11.5. The van der Waals surface area contributed by atoms with Crippen LogP contribution in [0.4, 0.5) is 4.79 Å². The average Bonchev–Trinajstić information content (AvgIpc) is 2.24. The van der Waals surface area contributed by atoms with Crippen molar-refractivity contribution >= 4 is 29.7 Å². The van der Waals surface area contributed by atoms with E-state index in [2.05, 4.69) is 10.6 Å². The zero-order chi connectivity index (χ0) is 15.2. The van der Waals surface area contributed by atoms with E-state index in [0.29, 0.717) is 0 Å². The summed E-state index contributed by atoms with van der Waals surface area (Å²) in [6.45, 7) is 6.82. The Balaban J connectivity index is 4.22. The summed E-state index contributed by atoms with van der Waals surface area (Å²) < 4.78 is -0.808. The highest BCUT2D eigenvalue weighted by atomic mass is 32.2. The van der Waals surface area contributed by atoms with Gasteiger partial charge in [0.25, 0.3) is 0 Å². The normalized spacial score (nSPS) is 12.9. The first kappa shape index (κ1) is 17.7. The summed E-state index contributed by atoms with van der Waals surface area (Å²) in [6.07, 6.45) is 0. The Hall–Kier alpha value is -1.28. The van der Waals surface area contributed by atoms with Crippen molar-refractivity contribution in [2.45, 2.75) is 44.5 Å². The number of aliphatic carboxylic acids is 1. The second-order valence-corrected chi connectivity index (χ2v) is 6.51. The molecular formula is C11H21N3O4S. The van der Waals surface area contributed by atoms with Crippen molar-refractivity contribution in [3.05, 3.63) is 0 Å². The van der Waals surface area contributed by atoms with Gasteiger partial charge in [-0.3, -0.25) is 14.9 Å². The number of hydrogen-bond acceptors (Lipinski definition) is 5. The topological polar surface area (TPSA) is 122 Å². The lowest BCUT2D eigenvalue weighted by Gasteiger charge is -2.27. The van der Waals surface area contributed by atoms with E-state index in [1.54, 1.807) is 27.7 Å². The summed E-state index contributed by atoms with van der Waals surface area (Å²) in [5.41, 5.74) is 5.52. The first-order valence-corrected chi connectivity index (χ1v) is 6.77. The van der Waals surface area contributed by atoms with Crippen LogP contribution in [-0.2, 0) is 9.59 Å². The van der Waals surface area contributed by atoms with Gasteiger partial charge in [-0.1, -0.05) is 0 Å². The molecule has 19 heavy (non-hydrogen) atoms. The van der Waals surface area contributed by atoms with Crippen LogP contribution in [0.25, 0.3) is 0 Å². The molecule has 0 saturated heterocycles. The molecule has 0 aliphatic carbocycles. The van der Waals surface area contributed by atoms with Crippen molar-refractivity contribution in [1.82, 2.24) is 10.6 Å². The second kappa shape index (κ2) is 7.34. The third-order valence-corrected chi connectivity index (χ3v) is 3.67. The zero-order valence-electron chi connectivity index (χ0n) is 11.5. The van der Waals surface area contributed by atoms with Gasteiger partial charge in [-0.25, -0.2) is 4.79 Å². The number of rotatable bonds is 6. The van der Waals surface area contributed by atoms with Crippen molar-refractivity contribution in [1.29, 1.82) is 0 Å². The molecule has 110 valence electrons. The molecule has 0 aromatic carbocycles. The highest BCUT2D eigenvalue weighted by molar-refractivity contribution is 8.01. The van der Waals surface area contributed by atoms with E-state index in [0.717, 1.165) is 11.8 Å². The highest BCUT2D eigenvalue weighted by Crippen LogP contribution is 2.27. The SMILES string of the molecule is CC(C)NC(=O)NC(=O)CSC(C)(C)[C@H](N)C(=O)O. The van der Waals surface area contributed by atoms with Crippen molar-refractivity contribution in [2.75, 3.05) is 5.75 Å². The Morgan fingerprint density at radius 3 is 2.26 bits per heavy atom. The molecule has 8 heteroatoms. The van der Waals surface area contributed by atoms with E-state index in [1.807, 2.05) is 0 Å². The molecular weight excluding hydrogens is 270 g/mol. The van der Waals surface area contributed by atoms with Crippen LogP contribution in [0, 0.1) is 0 Å². The fourth-order valence-electron chi connectivity index (χ4n) is 1.10. The van der Waals surface area contributed by atoms with Crippen LogP contribution in [-0.4, -0.2) is 45.6 Å². The predicted octanol–water partition coefficient (Wildman–Crippen LogP) is 0.144. The fraction of sp³-hybridized carbons (Fsp3) is 0.727. The monoisotopic (exact) mass is 291 g/mol. The number of carbonyl (C=O) groups is 3. The minimum atomic E-state index is -1.13. The number of nitrogens with two attached hydrogens (primary N) is 1. The summed E-state index contributed by atoms with van der Waals surface area (Å²) in [6, 6.07) is -1.73. The largest absolute Gasteiger partial charge is 0.480 e. The molecule has 0 radical (unpaired) electrons. The summed E-state index contributed by atoms with van der Waals surface area (Å²) in [7, 11) is 0. The number of carbonyl (C=O) groups excluding carboxylic acids is 2. The first-order chi connectivity index (χ1) is 8.56. The number of carboxylic acid groups (broad SMARTS) is 1. The van der Waals surface area contributed by atoms with Crippen molar-refractivity contribution in [3.63, 3.8) is 0 Å². The molecule has 0 aliphatic rings. The van der Waals surface area contributed by atoms with E-state index in [4.69, 9.17) is 10.8 Å². The number of nitrogens with one attached hydrogen (secondary N) is 2. The van der Waals surface area contributed by atoms with Gasteiger partial charge < -0.3 is 16.2 Å². The highest BCUT2D eigenvalue weighted by Gasteiger charge is 2.33. The van der Waals surface area contributed by atoms with Gasteiger partial charge in [0.05, 0.1) is 5.75 Å². The van der Waals surface area contributed by atoms with Crippen molar-refractivity contribution in [3.8, 4) is 0 Å². The lowest BCUT2D eigenvalue weighted by molar-refractivity contribution is -0.139. The third kappa shape index (κ3) is 7.02. The predicted molar refractivity (Wildman–Crippen MR) is 74.0 cm³/mol. The molecule has 3 amide bonds. The summed E-state index contributed by atoms with van der Waals surface area (Å²) in [5, 5.41) is 13.5. The molecule has 0 aliphatic heterocycles. The Morgan fingerprint density at radius 1 is 1.32 bits per heavy atom. The average molecular weight is 291 g/mol. The standard InChI is InChI=1S/C11H21N3O4S/c1-6(2)13-10(18)14-7(15)5-19-11(3,4)8(12)9(16)17/h6,8H,5,12H2,1-4H3,(H,16,17)(H2,13,14,15,18)/t8-/m1/s1. The summed E-state index contributed by atoms with van der Waals surface area (Å²) in [4.78, 5) is 33.5. The van der Waals surface area contributed by atoms with Crippen LogP contribution in [0.5, 0.6) is 0 Å². The lowest BCUT2D eigenvalue weighted by atomic mass is 10.1. The molecule has 1 atom stereocenters. The molecule has 0 heterocycles. The van der Waals surface area contributed by atoms with Gasteiger partial charge >= 0.3 is 12.0 Å². The van der Waals surface area contributed by atoms with Gasteiger partial charge in [-0.2, -0.15) is 0 Å². The molecule has 0 unspecified atom stereocenters. The molecule has 0 saturated carbocycles. The molecule has 0 aromatic rings. The van der Waals surface area contributed by atoms with E-state index < -0.39 is 28.7 Å². The quantitative estimate of drug-likeness (QED) is 0.552. The number of hydrogen-bond donors (Lipinski definition) is 4. The van der Waals surface area contributed by atoms with Gasteiger partial charge in [-0.05, 0) is 27.7 Å². The minimum Gasteiger partial charge on any atom is -0.480 e. The van der Waals surface area contributed by atoms with Gasteiger partial charge in [0.2, 0.25) is 5.91 Å². The maximum Gasteiger partial charge on any atom is 0.321 e. The van der Waals surface area contributed by atoms with Crippen LogP contribution in [0.2, 0.25) is 0 Å². The number of thioether (sulfide) groups is 1. The third-order valence-electron chi connectivity index (χ3n) is 2.26. The number of amides is 3. The smallest absolute Gasteiger partial charge is 0.321 e. The van der Waals surface area contributed by atoms with E-state index >= 15 is 0 Å².